The average Bonchev–Trinajstić information content (AvgIpc) is 3.79. The number of fused-ring (bicyclic) bond motifs is 4. The van der Waals surface area contributed by atoms with E-state index in [2.05, 4.69) is 54.2 Å². The molecule has 2 aromatic rings. The maximum absolute atomic E-state index is 12.8. The van der Waals surface area contributed by atoms with Crippen LogP contribution in [0.4, 0.5) is 0 Å². The van der Waals surface area contributed by atoms with Crippen molar-refractivity contribution in [3.05, 3.63) is 68.8 Å². The summed E-state index contributed by atoms with van der Waals surface area (Å²) in [7, 11) is 0. The Hall–Kier alpha value is -4.75. The third-order valence-electron chi connectivity index (χ3n) is 10.6. The zero-order valence-electron chi connectivity index (χ0n) is 28.1. The normalized spacial score (nSPS) is 23.5. The molecule has 0 saturated carbocycles. The Labute approximate surface area is 283 Å². The van der Waals surface area contributed by atoms with E-state index in [4.69, 9.17) is 0 Å². The lowest BCUT2D eigenvalue weighted by Gasteiger charge is -2.29. The van der Waals surface area contributed by atoms with E-state index in [1.54, 1.807) is 17.0 Å². The predicted octanol–water partition coefficient (Wildman–Crippen LogP) is 1.98. The first-order valence-corrected chi connectivity index (χ1v) is 17.0. The lowest BCUT2D eigenvalue weighted by molar-refractivity contribution is -0.138. The van der Waals surface area contributed by atoms with Crippen LogP contribution in [0.5, 0.6) is 0 Å². The monoisotopic (exact) mass is 668 g/mol. The standard InChI is InChI=1S/C18H19N3O4.C18H21N3O3/c1-9(2)20-7-10-5-12-13(6-11(10)8-20)18(25)21(17(12)24)14-3-4-15(22)19-16(14)23;1-10(2)20-7-11-5-13-9-21(15-3-4-16(22)19-17(15)23)18(24)14(13)6-12(11)8-20/h5-6,9,14H,3-4,7-8H2,1-2H3,(H,19,22,23);5-6,10,15H,3-4,7-9H2,1-2H3,(H,19,22,23). The van der Waals surface area contributed by atoms with Crippen molar-refractivity contribution >= 4 is 41.4 Å². The molecule has 0 radical (unpaired) electrons. The minimum Gasteiger partial charge on any atom is -0.322 e. The van der Waals surface area contributed by atoms with Crippen molar-refractivity contribution in [2.24, 2.45) is 0 Å². The van der Waals surface area contributed by atoms with Crippen molar-refractivity contribution in [1.82, 2.24) is 30.2 Å². The highest BCUT2D eigenvalue weighted by molar-refractivity contribution is 6.23. The fraction of sp³-hybridized carbons (Fsp3) is 0.472. The molecule has 8 rings (SSSR count). The van der Waals surface area contributed by atoms with Crippen molar-refractivity contribution in [2.45, 2.75) is 110 Å². The molecule has 2 fully saturated rings. The molecule has 2 atom stereocenters. The van der Waals surface area contributed by atoms with Crippen LogP contribution in [0, 0.1) is 0 Å². The van der Waals surface area contributed by atoms with Gasteiger partial charge in [0.1, 0.15) is 12.1 Å². The molecule has 13 nitrogen and oxygen atoms in total. The molecule has 2 unspecified atom stereocenters. The summed E-state index contributed by atoms with van der Waals surface area (Å²) >= 11 is 0. The largest absolute Gasteiger partial charge is 0.322 e. The van der Waals surface area contributed by atoms with Crippen LogP contribution < -0.4 is 10.6 Å². The molecule has 0 spiro atoms. The number of carbonyl (C=O) groups excluding carboxylic acids is 7. The summed E-state index contributed by atoms with van der Waals surface area (Å²) in [6.07, 6.45) is 1.00. The fourth-order valence-electron chi connectivity index (χ4n) is 7.62. The van der Waals surface area contributed by atoms with Crippen LogP contribution in [-0.2, 0) is 51.9 Å². The predicted molar refractivity (Wildman–Crippen MR) is 174 cm³/mol. The summed E-state index contributed by atoms with van der Waals surface area (Å²) in [6.45, 7) is 12.3. The quantitative estimate of drug-likeness (QED) is 0.465. The van der Waals surface area contributed by atoms with E-state index in [0.29, 0.717) is 41.7 Å². The minimum absolute atomic E-state index is 0.0923. The smallest absolute Gasteiger partial charge is 0.262 e. The van der Waals surface area contributed by atoms with Gasteiger partial charge in [0.25, 0.3) is 17.7 Å². The van der Waals surface area contributed by atoms with E-state index < -0.39 is 29.8 Å². The molecule has 0 aliphatic carbocycles. The molecule has 0 aromatic heterocycles. The second kappa shape index (κ2) is 12.3. The Morgan fingerprint density at radius 2 is 0.959 bits per heavy atom. The van der Waals surface area contributed by atoms with Crippen LogP contribution >= 0.6 is 0 Å². The van der Waals surface area contributed by atoms with E-state index in [1.165, 1.54) is 11.1 Å². The van der Waals surface area contributed by atoms with E-state index in [-0.39, 0.29) is 42.9 Å². The Morgan fingerprint density at radius 3 is 1.41 bits per heavy atom. The molecule has 2 aromatic carbocycles. The third kappa shape index (κ3) is 5.74. The van der Waals surface area contributed by atoms with Crippen LogP contribution in [0.25, 0.3) is 0 Å². The average molecular weight is 669 g/mol. The second-order valence-corrected chi connectivity index (χ2v) is 14.3. The molecular formula is C36H40N6O7. The summed E-state index contributed by atoms with van der Waals surface area (Å²) in [6, 6.07) is 7.12. The molecule has 6 aliphatic rings. The van der Waals surface area contributed by atoms with Gasteiger partial charge in [-0.3, -0.25) is 58.9 Å². The highest BCUT2D eigenvalue weighted by Gasteiger charge is 2.45. The summed E-state index contributed by atoms with van der Waals surface area (Å²) in [4.78, 5) is 92.4. The van der Waals surface area contributed by atoms with Gasteiger partial charge in [-0.1, -0.05) is 6.07 Å². The molecular weight excluding hydrogens is 628 g/mol. The number of nitrogens with zero attached hydrogens (tertiary/aromatic N) is 4. The number of rotatable bonds is 4. The highest BCUT2D eigenvalue weighted by atomic mass is 16.2. The third-order valence-corrected chi connectivity index (χ3v) is 10.6. The van der Waals surface area contributed by atoms with Gasteiger partial charge in [0.15, 0.2) is 0 Å². The molecule has 6 heterocycles. The molecule has 256 valence electrons. The van der Waals surface area contributed by atoms with Gasteiger partial charge in [-0.2, -0.15) is 0 Å². The molecule has 6 aliphatic heterocycles. The number of nitrogens with one attached hydrogen (secondary N) is 2. The van der Waals surface area contributed by atoms with Crippen molar-refractivity contribution in [3.8, 4) is 0 Å². The van der Waals surface area contributed by atoms with Crippen LogP contribution in [-0.4, -0.2) is 85.1 Å². The Balaban J connectivity index is 0.000000154. The number of carbonyl (C=O) groups is 7. The number of hydrogen-bond acceptors (Lipinski definition) is 9. The van der Waals surface area contributed by atoms with Crippen LogP contribution in [0.1, 0.15) is 112 Å². The zero-order valence-corrected chi connectivity index (χ0v) is 28.1. The van der Waals surface area contributed by atoms with Crippen molar-refractivity contribution in [3.63, 3.8) is 0 Å². The van der Waals surface area contributed by atoms with Gasteiger partial charge < -0.3 is 4.90 Å². The number of amides is 7. The first kappa shape index (κ1) is 32.8. The van der Waals surface area contributed by atoms with E-state index in [1.807, 2.05) is 6.07 Å². The SMILES string of the molecule is CC(C)N1Cc2cc3c(cc2C1)C(=O)N(C1CCC(=O)NC1=O)C3.CC(C)N1Cc2cc3c(cc2C1)C(=O)N(C1CCC(=O)NC1=O)C3=O. The van der Waals surface area contributed by atoms with Crippen molar-refractivity contribution < 1.29 is 33.6 Å². The Bertz CT molecular complexity index is 1810. The Kier molecular flexibility index (Phi) is 8.22. The first-order valence-electron chi connectivity index (χ1n) is 17.0. The maximum Gasteiger partial charge on any atom is 0.262 e. The second-order valence-electron chi connectivity index (χ2n) is 14.3. The van der Waals surface area contributed by atoms with Crippen molar-refractivity contribution in [2.75, 3.05) is 0 Å². The van der Waals surface area contributed by atoms with Gasteiger partial charge in [-0.05, 0) is 86.6 Å². The van der Waals surface area contributed by atoms with Gasteiger partial charge in [0.2, 0.25) is 23.6 Å². The lowest BCUT2D eigenvalue weighted by Crippen LogP contribution is -2.54. The molecule has 2 saturated heterocycles. The first-order chi connectivity index (χ1) is 23.3. The Morgan fingerprint density at radius 1 is 0.531 bits per heavy atom. The summed E-state index contributed by atoms with van der Waals surface area (Å²) < 4.78 is 0. The summed E-state index contributed by atoms with van der Waals surface area (Å²) in [5.41, 5.74) is 7.02. The summed E-state index contributed by atoms with van der Waals surface area (Å²) in [5, 5.41) is 4.55. The van der Waals surface area contributed by atoms with E-state index >= 15 is 0 Å². The van der Waals surface area contributed by atoms with E-state index in [0.717, 1.165) is 47.8 Å². The lowest BCUT2D eigenvalue weighted by atomic mass is 10.0. The number of hydrogen-bond donors (Lipinski definition) is 2. The molecule has 0 bridgehead atoms. The van der Waals surface area contributed by atoms with Crippen LogP contribution in [0.3, 0.4) is 0 Å². The van der Waals surface area contributed by atoms with E-state index in [9.17, 15) is 33.6 Å². The number of piperidine rings is 2. The molecule has 2 N–H and O–H groups in total. The van der Waals surface area contributed by atoms with Gasteiger partial charge in [0.05, 0.1) is 11.1 Å². The number of benzene rings is 2. The zero-order chi connectivity index (χ0) is 34.9. The molecule has 49 heavy (non-hydrogen) atoms. The highest BCUT2D eigenvalue weighted by Crippen LogP contribution is 2.35. The van der Waals surface area contributed by atoms with Crippen molar-refractivity contribution in [1.29, 1.82) is 0 Å². The van der Waals surface area contributed by atoms with Gasteiger partial charge in [-0.25, -0.2) is 0 Å². The van der Waals surface area contributed by atoms with Crippen LogP contribution in [0.2, 0.25) is 0 Å². The molecule has 7 amide bonds. The topological polar surface area (TPSA) is 157 Å². The van der Waals surface area contributed by atoms with Gasteiger partial charge in [0, 0.05) is 63.2 Å². The molecule has 13 heteroatoms. The summed E-state index contributed by atoms with van der Waals surface area (Å²) in [5.74, 6) is -2.54. The van der Waals surface area contributed by atoms with Gasteiger partial charge >= 0.3 is 0 Å². The fourth-order valence-corrected chi connectivity index (χ4v) is 7.62. The van der Waals surface area contributed by atoms with Gasteiger partial charge in [-0.15, -0.1) is 0 Å². The number of imide groups is 3. The van der Waals surface area contributed by atoms with Crippen LogP contribution in [0.15, 0.2) is 24.3 Å². The minimum atomic E-state index is -0.910. The maximum atomic E-state index is 12.8.